The minimum absolute atomic E-state index is 0.00170. The third-order valence-corrected chi connectivity index (χ3v) is 8.72. The molecule has 0 aliphatic carbocycles. The minimum Gasteiger partial charge on any atom is -0.394 e. The monoisotopic (exact) mass is 581 g/mol. The Kier molecular flexibility index (Phi) is 10.0. The van der Waals surface area contributed by atoms with Crippen molar-refractivity contribution in [3.8, 4) is 6.07 Å². The molecule has 2 aromatic rings. The Hall–Kier alpha value is -2.28. The van der Waals surface area contributed by atoms with Crippen molar-refractivity contribution in [1.82, 2.24) is 10.6 Å². The maximum Gasteiger partial charge on any atom is 0.237 e. The van der Waals surface area contributed by atoms with Crippen LogP contribution >= 0.6 is 23.2 Å². The summed E-state index contributed by atoms with van der Waals surface area (Å²) in [5, 5.41) is 35.7. The number of benzene rings is 2. The van der Waals surface area contributed by atoms with Crippen molar-refractivity contribution in [3.63, 3.8) is 0 Å². The molecule has 0 unspecified atom stereocenters. The average Bonchev–Trinajstić information content (AvgIpc) is 3.19. The largest absolute Gasteiger partial charge is 0.394 e. The molecular weight excluding hydrogens is 547 g/mol. The number of aliphatic hydroxyl groups is 2. The molecule has 0 saturated carbocycles. The zero-order valence-corrected chi connectivity index (χ0v) is 24.0. The van der Waals surface area contributed by atoms with Gasteiger partial charge in [-0.25, -0.2) is 8.78 Å². The summed E-state index contributed by atoms with van der Waals surface area (Å²) in [4.78, 5) is 13.6. The third-order valence-electron chi connectivity index (χ3n) is 8.20. The van der Waals surface area contributed by atoms with E-state index in [1.807, 2.05) is 27.7 Å². The number of amides is 1. The SMILES string of the molecule is CC(C)C(C)(C)C[C@@H]1N[C@@H](C(=O)NCC[C@@H](O)CO)[C@H](c2cccc(Cl)c2F)[C@@]1(C#N)c1ccc(Cl)cc1F. The van der Waals surface area contributed by atoms with Crippen LogP contribution in [0, 0.1) is 34.3 Å². The number of aliphatic hydroxyl groups excluding tert-OH is 2. The molecule has 10 heteroatoms. The molecule has 1 fully saturated rings. The first kappa shape index (κ1) is 31.3. The standard InChI is InChI=1S/C29H35Cl2F2N3O3/c1-16(2)28(3,4)13-23-29(15-34,20-9-8-17(30)12-22(20)32)24(19-6-5-7-21(31)25(19)33)26(36-23)27(39)35-11-10-18(38)14-37/h5-9,12,16,18,23-24,26,36-38H,10-11,13-14H2,1-4H3,(H,35,39)/t18-,23+,24+,26-,29+/m1/s1. The Balaban J connectivity index is 2.26. The van der Waals surface area contributed by atoms with Gasteiger partial charge in [-0.2, -0.15) is 5.26 Å². The van der Waals surface area contributed by atoms with E-state index < -0.39 is 53.7 Å². The highest BCUT2D eigenvalue weighted by Crippen LogP contribution is 2.53. The highest BCUT2D eigenvalue weighted by molar-refractivity contribution is 6.31. The van der Waals surface area contributed by atoms with Gasteiger partial charge in [0.25, 0.3) is 0 Å². The Morgan fingerprint density at radius 1 is 1.26 bits per heavy atom. The number of nitrogens with zero attached hydrogens (tertiary/aromatic N) is 1. The van der Waals surface area contributed by atoms with E-state index in [9.17, 15) is 15.2 Å². The zero-order chi connectivity index (χ0) is 29.1. The summed E-state index contributed by atoms with van der Waals surface area (Å²) in [6.07, 6.45) is -0.570. The van der Waals surface area contributed by atoms with Gasteiger partial charge in [-0.3, -0.25) is 4.79 Å². The molecule has 2 aromatic carbocycles. The normalized spacial score (nSPS) is 24.0. The van der Waals surface area contributed by atoms with Gasteiger partial charge in [-0.1, -0.05) is 69.1 Å². The van der Waals surface area contributed by atoms with Gasteiger partial charge in [0, 0.05) is 29.1 Å². The number of carbonyl (C=O) groups excluding carboxylic acids is 1. The summed E-state index contributed by atoms with van der Waals surface area (Å²) in [5.41, 5.74) is -2.07. The molecule has 6 nitrogen and oxygen atoms in total. The molecule has 5 atom stereocenters. The fourth-order valence-electron chi connectivity index (χ4n) is 5.27. The quantitative estimate of drug-likeness (QED) is 0.313. The van der Waals surface area contributed by atoms with Gasteiger partial charge in [-0.05, 0) is 47.9 Å². The lowest BCUT2D eigenvalue weighted by Crippen LogP contribution is -2.47. The molecule has 1 saturated heterocycles. The van der Waals surface area contributed by atoms with E-state index in [0.717, 1.165) is 6.07 Å². The molecule has 212 valence electrons. The average molecular weight is 583 g/mol. The van der Waals surface area contributed by atoms with Crippen LogP contribution in [0.15, 0.2) is 36.4 Å². The Morgan fingerprint density at radius 3 is 2.54 bits per heavy atom. The molecule has 1 aliphatic heterocycles. The van der Waals surface area contributed by atoms with Crippen LogP contribution in [-0.4, -0.2) is 47.5 Å². The molecule has 0 radical (unpaired) electrons. The highest BCUT2D eigenvalue weighted by atomic mass is 35.5. The summed E-state index contributed by atoms with van der Waals surface area (Å²) in [7, 11) is 0. The third kappa shape index (κ3) is 6.23. The maximum absolute atomic E-state index is 15.7. The summed E-state index contributed by atoms with van der Waals surface area (Å²) in [6, 6.07) is 8.76. The van der Waals surface area contributed by atoms with E-state index in [1.54, 1.807) is 0 Å². The van der Waals surface area contributed by atoms with Crippen LogP contribution in [0.1, 0.15) is 57.6 Å². The fraction of sp³-hybridized carbons (Fsp3) is 0.517. The molecule has 0 bridgehead atoms. The van der Waals surface area contributed by atoms with Gasteiger partial charge in [0.05, 0.1) is 29.8 Å². The lowest BCUT2D eigenvalue weighted by molar-refractivity contribution is -0.123. The van der Waals surface area contributed by atoms with E-state index in [1.165, 1.54) is 30.3 Å². The molecule has 39 heavy (non-hydrogen) atoms. The van der Waals surface area contributed by atoms with Gasteiger partial charge in [-0.15, -0.1) is 0 Å². The van der Waals surface area contributed by atoms with Gasteiger partial charge < -0.3 is 20.8 Å². The second kappa shape index (κ2) is 12.5. The lowest BCUT2D eigenvalue weighted by Gasteiger charge is -2.39. The number of hydrogen-bond acceptors (Lipinski definition) is 5. The number of nitriles is 1. The Labute approximate surface area is 238 Å². The number of nitrogens with one attached hydrogen (secondary N) is 2. The number of rotatable bonds is 10. The topological polar surface area (TPSA) is 105 Å². The first-order valence-corrected chi connectivity index (χ1v) is 13.7. The Morgan fingerprint density at radius 2 is 1.95 bits per heavy atom. The maximum atomic E-state index is 15.7. The van der Waals surface area contributed by atoms with Crippen molar-refractivity contribution in [2.24, 2.45) is 11.3 Å². The smallest absolute Gasteiger partial charge is 0.237 e. The van der Waals surface area contributed by atoms with Gasteiger partial charge in [0.2, 0.25) is 5.91 Å². The fourth-order valence-corrected chi connectivity index (χ4v) is 5.61. The highest BCUT2D eigenvalue weighted by Gasteiger charge is 2.61. The van der Waals surface area contributed by atoms with Crippen molar-refractivity contribution in [3.05, 3.63) is 69.2 Å². The van der Waals surface area contributed by atoms with Crippen molar-refractivity contribution >= 4 is 29.1 Å². The summed E-state index contributed by atoms with van der Waals surface area (Å²) in [5.74, 6) is -3.09. The second-order valence-corrected chi connectivity index (χ2v) is 12.0. The van der Waals surface area contributed by atoms with Crippen molar-refractivity contribution in [2.45, 2.75) is 70.1 Å². The second-order valence-electron chi connectivity index (χ2n) is 11.2. The van der Waals surface area contributed by atoms with Crippen LogP contribution in [0.3, 0.4) is 0 Å². The first-order chi connectivity index (χ1) is 18.3. The molecule has 0 spiro atoms. The van der Waals surface area contributed by atoms with Crippen LogP contribution in [0.2, 0.25) is 10.0 Å². The van der Waals surface area contributed by atoms with Crippen LogP contribution in [0.5, 0.6) is 0 Å². The predicted octanol–water partition coefficient (Wildman–Crippen LogP) is 5.09. The first-order valence-electron chi connectivity index (χ1n) is 12.9. The molecular formula is C29H35Cl2F2N3O3. The van der Waals surface area contributed by atoms with E-state index >= 15 is 8.78 Å². The molecule has 1 amide bonds. The van der Waals surface area contributed by atoms with Crippen molar-refractivity contribution < 1.29 is 23.8 Å². The molecule has 4 N–H and O–H groups in total. The van der Waals surface area contributed by atoms with E-state index in [-0.39, 0.29) is 45.5 Å². The molecule has 1 aliphatic rings. The Bertz CT molecular complexity index is 1240. The number of hydrogen-bond donors (Lipinski definition) is 4. The van der Waals surface area contributed by atoms with Crippen LogP contribution in [0.25, 0.3) is 0 Å². The number of carbonyl (C=O) groups is 1. The van der Waals surface area contributed by atoms with Crippen LogP contribution in [-0.2, 0) is 10.2 Å². The van der Waals surface area contributed by atoms with Gasteiger partial charge in [0.1, 0.15) is 17.0 Å². The van der Waals surface area contributed by atoms with E-state index in [2.05, 4.69) is 16.7 Å². The summed E-state index contributed by atoms with van der Waals surface area (Å²) in [6.45, 7) is 7.69. The number of halogens is 4. The predicted molar refractivity (Wildman–Crippen MR) is 148 cm³/mol. The molecule has 1 heterocycles. The van der Waals surface area contributed by atoms with Gasteiger partial charge in [0.15, 0.2) is 0 Å². The van der Waals surface area contributed by atoms with Crippen LogP contribution < -0.4 is 10.6 Å². The minimum atomic E-state index is -1.72. The summed E-state index contributed by atoms with van der Waals surface area (Å²) < 4.78 is 31.4. The van der Waals surface area contributed by atoms with Crippen molar-refractivity contribution in [2.75, 3.05) is 13.2 Å². The lowest BCUT2D eigenvalue weighted by atomic mass is 9.61. The van der Waals surface area contributed by atoms with Crippen molar-refractivity contribution in [1.29, 1.82) is 5.26 Å². The van der Waals surface area contributed by atoms with E-state index in [0.29, 0.717) is 6.42 Å². The van der Waals surface area contributed by atoms with Crippen LogP contribution in [0.4, 0.5) is 8.78 Å². The van der Waals surface area contributed by atoms with Gasteiger partial charge >= 0.3 is 0 Å². The van der Waals surface area contributed by atoms with E-state index in [4.69, 9.17) is 28.3 Å². The zero-order valence-electron chi connectivity index (χ0n) is 22.4. The molecule has 3 rings (SSSR count). The molecule has 0 aromatic heterocycles. The summed E-state index contributed by atoms with van der Waals surface area (Å²) >= 11 is 12.2.